The zero-order valence-electron chi connectivity index (χ0n) is 18.9. The van der Waals surface area contributed by atoms with E-state index in [9.17, 15) is 0 Å². The summed E-state index contributed by atoms with van der Waals surface area (Å²) in [5.74, 6) is 0. The van der Waals surface area contributed by atoms with Crippen molar-refractivity contribution >= 4 is 0 Å². The third-order valence-corrected chi connectivity index (χ3v) is 6.35. The van der Waals surface area contributed by atoms with E-state index in [1.165, 1.54) is 12.8 Å². The van der Waals surface area contributed by atoms with Crippen LogP contribution in [-0.4, -0.2) is 37.3 Å². The summed E-state index contributed by atoms with van der Waals surface area (Å²) in [5.41, 5.74) is 0.297. The van der Waals surface area contributed by atoms with Gasteiger partial charge in [-0.2, -0.15) is 13.1 Å². The van der Waals surface area contributed by atoms with Crippen LogP contribution >= 0.6 is 0 Å². The molecule has 0 aromatic carbocycles. The molecule has 5 heteroatoms. The molecule has 0 heterocycles. The van der Waals surface area contributed by atoms with Gasteiger partial charge in [-0.05, 0) is 0 Å². The van der Waals surface area contributed by atoms with Crippen molar-refractivity contribution in [2.45, 2.75) is 106 Å². The van der Waals surface area contributed by atoms with Gasteiger partial charge in [-0.3, -0.25) is 0 Å². The molecule has 0 aliphatic heterocycles. The maximum Gasteiger partial charge on any atom is -0.0670 e. The van der Waals surface area contributed by atoms with Gasteiger partial charge in [-0.25, -0.2) is 0 Å². The van der Waals surface area contributed by atoms with E-state index in [1.807, 2.05) is 0 Å². The molecule has 0 atom stereocenters. The van der Waals surface area contributed by atoms with E-state index in [2.05, 4.69) is 86.9 Å². The first-order valence-corrected chi connectivity index (χ1v) is 11.8. The quantitative estimate of drug-likeness (QED) is 0.252. The predicted octanol–water partition coefficient (Wildman–Crippen LogP) is 7.39. The summed E-state index contributed by atoms with van der Waals surface area (Å²) in [4.78, 5) is 0. The van der Waals surface area contributed by atoms with Gasteiger partial charge in [0.05, 0.1) is 0 Å². The standard InChI is InChI=1S/2C5H11N.2C5H12N.Mo/c2*1-4-5(2,3)6;2*1-3-5-6-4-2;/h2*4H2,1-3H3;2*3-5H2,1-2H3;/q;;2*-1;+2. The Morgan fingerprint density at radius 2 is 0.960 bits per heavy atom. The van der Waals surface area contributed by atoms with Gasteiger partial charge in [-0.1, -0.05) is 40.5 Å². The van der Waals surface area contributed by atoms with Crippen LogP contribution < -0.4 is 0 Å². The van der Waals surface area contributed by atoms with Crippen LogP contribution in [0.15, 0.2) is 6.99 Å². The van der Waals surface area contributed by atoms with E-state index in [-0.39, 0.29) is 11.1 Å². The number of rotatable bonds is 10. The molecule has 0 bridgehead atoms. The third-order valence-electron chi connectivity index (χ3n) is 3.52. The molecule has 0 spiro atoms. The van der Waals surface area contributed by atoms with Gasteiger partial charge < -0.3 is 10.6 Å². The second-order valence-corrected chi connectivity index (χ2v) is 8.42. The second kappa shape index (κ2) is 20.5. The summed E-state index contributed by atoms with van der Waals surface area (Å²) in [6.45, 7) is 25.6. The second-order valence-electron chi connectivity index (χ2n) is 7.12. The number of hydrogen-bond acceptors (Lipinski definition) is 2. The Labute approximate surface area is 168 Å². The summed E-state index contributed by atoms with van der Waals surface area (Å²) in [7, 11) is 0. The van der Waals surface area contributed by atoms with Crippen LogP contribution in [0.25, 0.3) is 10.6 Å². The molecule has 0 unspecified atom stereocenters. The fourth-order valence-corrected chi connectivity index (χ4v) is 2.82. The minimum Gasteiger partial charge on any atom is -0.662 e. The third kappa shape index (κ3) is 29.2. The summed E-state index contributed by atoms with van der Waals surface area (Å²) in [6, 6.07) is 0. The van der Waals surface area contributed by atoms with Gasteiger partial charge in [0.1, 0.15) is 0 Å². The molecule has 0 aromatic rings. The van der Waals surface area contributed by atoms with Crippen LogP contribution in [0.2, 0.25) is 0 Å². The van der Waals surface area contributed by atoms with Gasteiger partial charge in [0.25, 0.3) is 0 Å². The van der Waals surface area contributed by atoms with Crippen molar-refractivity contribution in [1.29, 1.82) is 0 Å². The van der Waals surface area contributed by atoms with E-state index < -0.39 is 18.2 Å². The molecule has 0 aliphatic carbocycles. The fraction of sp³-hybridized carbons (Fsp3) is 1.00. The molecule has 4 nitrogen and oxygen atoms in total. The zero-order chi connectivity index (χ0) is 20.2. The van der Waals surface area contributed by atoms with E-state index in [0.717, 1.165) is 39.0 Å². The molecular formula is C20H46MoN4. The first-order chi connectivity index (χ1) is 11.7. The smallest absolute Gasteiger partial charge is 0.0670 e. The maximum atomic E-state index is 4.67. The Morgan fingerprint density at radius 3 is 1.12 bits per heavy atom. The van der Waals surface area contributed by atoms with Gasteiger partial charge in [-0.15, -0.1) is 13.1 Å². The van der Waals surface area contributed by atoms with Gasteiger partial charge in [0.2, 0.25) is 0 Å². The first-order valence-electron chi connectivity index (χ1n) is 10.0. The van der Waals surface area contributed by atoms with Crippen LogP contribution in [0, 0.1) is 0 Å². The molecule has 0 saturated carbocycles. The minimum atomic E-state index is -0.492. The van der Waals surface area contributed by atoms with Crippen molar-refractivity contribution < 1.29 is 18.2 Å². The van der Waals surface area contributed by atoms with Crippen molar-refractivity contribution in [2.75, 3.05) is 26.2 Å². The Bertz CT molecular complexity index is 286. The summed E-state index contributed by atoms with van der Waals surface area (Å²) >= 11 is -0.492. The molecule has 0 fully saturated rings. The largest absolute Gasteiger partial charge is 0.662 e. The molecule has 25 heavy (non-hydrogen) atoms. The van der Waals surface area contributed by atoms with Gasteiger partial charge in [0, 0.05) is 0 Å². The normalized spacial score (nSPS) is 10.6. The molecule has 0 amide bonds. The van der Waals surface area contributed by atoms with Crippen LogP contribution in [0.1, 0.15) is 94.9 Å². The molecule has 0 aromatic heterocycles. The summed E-state index contributed by atoms with van der Waals surface area (Å²) < 4.78 is 9.34. The Hall–Kier alpha value is 0.208. The van der Waals surface area contributed by atoms with Gasteiger partial charge >= 0.3 is 90.7 Å². The SMILES string of the molecule is CCC(C)(C)[N]=[Mo+2]=[N]C(C)(C)CC.CCC[N-]CC.CCC[N-]CC. The summed E-state index contributed by atoms with van der Waals surface area (Å²) in [5, 5.41) is 8.18. The molecule has 0 rings (SSSR count). The molecular weight excluding hydrogens is 392 g/mol. The summed E-state index contributed by atoms with van der Waals surface area (Å²) in [6.07, 6.45) is 4.60. The maximum absolute atomic E-state index is 4.67. The van der Waals surface area contributed by atoms with Crippen LogP contribution in [0.4, 0.5) is 0 Å². The number of hydrogen-bond donors (Lipinski definition) is 0. The molecule has 152 valence electrons. The fourth-order valence-electron chi connectivity index (χ4n) is 1.00. The van der Waals surface area contributed by atoms with E-state index in [0.29, 0.717) is 0 Å². The Balaban J connectivity index is -0.000000336. The van der Waals surface area contributed by atoms with Crippen molar-refractivity contribution in [2.24, 2.45) is 6.99 Å². The van der Waals surface area contributed by atoms with Crippen LogP contribution in [0.5, 0.6) is 0 Å². The minimum absolute atomic E-state index is 0.148. The molecule has 0 N–H and O–H groups in total. The monoisotopic (exact) mass is 440 g/mol. The van der Waals surface area contributed by atoms with E-state index in [1.54, 1.807) is 0 Å². The van der Waals surface area contributed by atoms with Crippen molar-refractivity contribution in [3.05, 3.63) is 10.6 Å². The average molecular weight is 439 g/mol. The Morgan fingerprint density at radius 1 is 0.640 bits per heavy atom. The van der Waals surface area contributed by atoms with Crippen molar-refractivity contribution in [3.63, 3.8) is 0 Å². The van der Waals surface area contributed by atoms with Crippen molar-refractivity contribution in [3.8, 4) is 0 Å². The van der Waals surface area contributed by atoms with Crippen LogP contribution in [-0.2, 0) is 18.2 Å². The zero-order valence-corrected chi connectivity index (χ0v) is 20.9. The average Bonchev–Trinajstić information content (AvgIpc) is 2.59. The topological polar surface area (TPSA) is 52.9 Å². The van der Waals surface area contributed by atoms with E-state index >= 15 is 0 Å². The molecule has 0 radical (unpaired) electrons. The van der Waals surface area contributed by atoms with Crippen molar-refractivity contribution in [1.82, 2.24) is 0 Å². The molecule has 0 aliphatic rings. The van der Waals surface area contributed by atoms with Crippen LogP contribution in [0.3, 0.4) is 0 Å². The molecule has 0 saturated heterocycles. The Kier molecular flexibility index (Phi) is 24.6. The first kappa shape index (κ1) is 30.0. The predicted molar refractivity (Wildman–Crippen MR) is 112 cm³/mol. The van der Waals surface area contributed by atoms with E-state index in [4.69, 9.17) is 0 Å². The van der Waals surface area contributed by atoms with Gasteiger partial charge in [0.15, 0.2) is 0 Å². The number of nitrogens with zero attached hydrogens (tertiary/aromatic N) is 4.